The monoisotopic (exact) mass is 519 g/mol. The van der Waals surface area contributed by atoms with Gasteiger partial charge in [-0.1, -0.05) is 25.3 Å². The van der Waals surface area contributed by atoms with E-state index in [4.69, 9.17) is 0 Å². The molecule has 194 valence electrons. The zero-order valence-corrected chi connectivity index (χ0v) is 23.5. The van der Waals surface area contributed by atoms with Gasteiger partial charge in [-0.3, -0.25) is 0 Å². The van der Waals surface area contributed by atoms with Crippen molar-refractivity contribution in [3.05, 3.63) is 49.6 Å². The first-order valence-electron chi connectivity index (χ1n) is 14.4. The first-order chi connectivity index (χ1) is 16.1. The van der Waals surface area contributed by atoms with Gasteiger partial charge in [-0.2, -0.15) is 0 Å². The molecule has 0 aromatic heterocycles. The molecule has 5 unspecified atom stereocenters. The van der Waals surface area contributed by atoms with Crippen LogP contribution >= 0.6 is 0 Å². The van der Waals surface area contributed by atoms with E-state index >= 15 is 0 Å². The van der Waals surface area contributed by atoms with Gasteiger partial charge in [0.2, 0.25) is 0 Å². The van der Waals surface area contributed by atoms with Crippen LogP contribution in [0, 0.1) is 23.7 Å². The normalized spacial score (nSPS) is 32.5. The Bertz CT molecular complexity index is 636. The summed E-state index contributed by atoms with van der Waals surface area (Å²) in [4.78, 5) is 0. The molecule has 0 aromatic carbocycles. The van der Waals surface area contributed by atoms with Crippen LogP contribution in [0.2, 0.25) is 14.7 Å². The summed E-state index contributed by atoms with van der Waals surface area (Å²) in [7, 11) is 0. The number of hydrogen-bond acceptors (Lipinski definition) is 1. The summed E-state index contributed by atoms with van der Waals surface area (Å²) in [6, 6.07) is 0.814. The van der Waals surface area contributed by atoms with Gasteiger partial charge in [0, 0.05) is 0 Å². The molecule has 0 aromatic rings. The molecule has 4 aliphatic rings. The minimum Gasteiger partial charge on any atom is -0.0149 e. The number of hydrogen-bond donors (Lipinski definition) is 1. The van der Waals surface area contributed by atoms with Gasteiger partial charge in [0.1, 0.15) is 0 Å². The standard InChI is InChI=1S/C13H17.C12H24N.C4H6.2CH3.H4Si.Ti/c1-3-7-12-10(5-1)9-11-6-2-4-8-13(11)12;13-12-10-8-6-4-2-1-3-5-7-9-11-12;1-3-4-2;;;;/h1,3,5,7,9-13H,2,4,6,8H2;12-13H,1-11H2;3-4H,1-2H2;2*1H3;1H4;/q;-1;;;;;+1. The summed E-state index contributed by atoms with van der Waals surface area (Å²) in [5.74, 6) is 3.71. The fourth-order valence-corrected chi connectivity index (χ4v) is 14.5. The van der Waals surface area contributed by atoms with Gasteiger partial charge in [-0.05, 0) is 11.0 Å². The largest absolute Gasteiger partial charge is 0.0149 e. The van der Waals surface area contributed by atoms with E-state index in [-0.39, 0.29) is 11.0 Å². The Kier molecular flexibility index (Phi) is 14.0. The average Bonchev–Trinajstić information content (AvgIpc) is 3.16. The van der Waals surface area contributed by atoms with Crippen LogP contribution in [0.5, 0.6) is 0 Å². The van der Waals surface area contributed by atoms with E-state index in [0.717, 1.165) is 33.9 Å². The molecule has 0 saturated heterocycles. The van der Waals surface area contributed by atoms with E-state index < -0.39 is 16.8 Å². The molecule has 0 amide bonds. The Morgan fingerprint density at radius 3 is 1.62 bits per heavy atom. The molecule has 0 bridgehead atoms. The van der Waals surface area contributed by atoms with Gasteiger partial charge >= 0.3 is 186 Å². The molecule has 34 heavy (non-hydrogen) atoms. The Hall–Kier alpha value is -0.149. The van der Waals surface area contributed by atoms with Crippen LogP contribution in [-0.2, 0) is 16.8 Å². The van der Waals surface area contributed by atoms with Crippen molar-refractivity contribution in [2.45, 2.75) is 117 Å². The molecule has 0 aliphatic heterocycles. The maximum atomic E-state index is 4.48. The smallest absolute Gasteiger partial charge is 0.0149 e. The molecule has 1 nitrogen and oxygen atoms in total. The third-order valence-electron chi connectivity index (χ3n) is 9.15. The van der Waals surface area contributed by atoms with Crippen molar-refractivity contribution in [3.63, 3.8) is 0 Å². The van der Waals surface area contributed by atoms with E-state index in [2.05, 4.69) is 51.7 Å². The summed E-state index contributed by atoms with van der Waals surface area (Å²) < 4.78 is 5.48. The zero-order chi connectivity index (χ0) is 23.5. The molecule has 0 heterocycles. The molecule has 3 fully saturated rings. The third-order valence-corrected chi connectivity index (χ3v) is 14.8. The SMILES string of the molecule is C=CC=C.[CH3][Ti]([CH3])([NH]C1CCCCCCCCCCC1)[CH]1C2C=CC=CC2C2CCCCC21.[SiH4]. The van der Waals surface area contributed by atoms with Crippen LogP contribution in [0.1, 0.15) is 96.3 Å². The van der Waals surface area contributed by atoms with E-state index in [1.54, 1.807) is 12.2 Å². The fraction of sp³-hybridized carbons (Fsp3) is 0.742. The molecule has 5 atom stereocenters. The second kappa shape index (κ2) is 15.9. The quantitative estimate of drug-likeness (QED) is 0.291. The fourth-order valence-electron chi connectivity index (χ4n) is 7.77. The maximum Gasteiger partial charge on any atom is -0.0149 e. The molecule has 3 saturated carbocycles. The van der Waals surface area contributed by atoms with Gasteiger partial charge < -0.3 is 0 Å². The molecule has 4 rings (SSSR count). The number of nitrogens with one attached hydrogen (secondary N) is 1. The van der Waals surface area contributed by atoms with Gasteiger partial charge in [0.15, 0.2) is 0 Å². The van der Waals surface area contributed by atoms with Crippen molar-refractivity contribution in [1.29, 1.82) is 0 Å². The Labute approximate surface area is 221 Å². The Morgan fingerprint density at radius 2 is 1.09 bits per heavy atom. The molecule has 3 heteroatoms. The summed E-state index contributed by atoms with van der Waals surface area (Å²) in [6.45, 7) is 6.72. The van der Waals surface area contributed by atoms with E-state index in [0.29, 0.717) is 0 Å². The number of allylic oxidation sites excluding steroid dienone is 6. The second-order valence-corrected chi connectivity index (χ2v) is 18.7. The van der Waals surface area contributed by atoms with Crippen LogP contribution in [-0.4, -0.2) is 17.0 Å². The third kappa shape index (κ3) is 8.46. The summed E-state index contributed by atoms with van der Waals surface area (Å²) in [6.07, 6.45) is 35.4. The van der Waals surface area contributed by atoms with Crippen LogP contribution in [0.3, 0.4) is 0 Å². The van der Waals surface area contributed by atoms with Gasteiger partial charge in [-0.15, -0.1) is 0 Å². The van der Waals surface area contributed by atoms with Crippen molar-refractivity contribution in [2.75, 3.05) is 0 Å². The molecular formula is C31H57NSiTi. The molecular weight excluding hydrogens is 462 g/mol. The molecule has 4 aliphatic carbocycles. The Morgan fingerprint density at radius 1 is 0.647 bits per heavy atom. The first kappa shape index (κ1) is 30.1. The van der Waals surface area contributed by atoms with Crippen molar-refractivity contribution in [1.82, 2.24) is 3.80 Å². The molecule has 0 radical (unpaired) electrons. The minimum atomic E-state index is -2.11. The van der Waals surface area contributed by atoms with E-state index in [9.17, 15) is 0 Å². The van der Waals surface area contributed by atoms with Crippen LogP contribution in [0.4, 0.5) is 0 Å². The first-order valence-corrected chi connectivity index (χ1v) is 19.2. The predicted molar refractivity (Wildman–Crippen MR) is 156 cm³/mol. The van der Waals surface area contributed by atoms with E-state index in [1.807, 2.05) is 0 Å². The van der Waals surface area contributed by atoms with Crippen molar-refractivity contribution in [3.8, 4) is 0 Å². The summed E-state index contributed by atoms with van der Waals surface area (Å²) in [5, 5.41) is 5.50. The van der Waals surface area contributed by atoms with Crippen molar-refractivity contribution < 1.29 is 16.8 Å². The number of rotatable bonds is 4. The van der Waals surface area contributed by atoms with Crippen molar-refractivity contribution >= 4 is 11.0 Å². The van der Waals surface area contributed by atoms with Gasteiger partial charge in [0.25, 0.3) is 0 Å². The average molecular weight is 520 g/mol. The van der Waals surface area contributed by atoms with Gasteiger partial charge in [-0.25, -0.2) is 0 Å². The predicted octanol–water partition coefficient (Wildman–Crippen LogP) is 8.29. The summed E-state index contributed by atoms with van der Waals surface area (Å²) in [5.41, 5.74) is 0. The number of fused-ring (bicyclic) bond motifs is 3. The summed E-state index contributed by atoms with van der Waals surface area (Å²) >= 11 is -2.11. The van der Waals surface area contributed by atoms with Crippen LogP contribution in [0.15, 0.2) is 49.6 Å². The topological polar surface area (TPSA) is 12.0 Å². The van der Waals surface area contributed by atoms with E-state index in [1.165, 1.54) is 96.3 Å². The van der Waals surface area contributed by atoms with Gasteiger partial charge in [0.05, 0.1) is 0 Å². The second-order valence-electron chi connectivity index (χ2n) is 11.9. The minimum absolute atomic E-state index is 0. The molecule has 0 spiro atoms. The molecule has 1 N–H and O–H groups in total. The Balaban J connectivity index is 0.000000758. The van der Waals surface area contributed by atoms with Crippen molar-refractivity contribution in [2.24, 2.45) is 23.7 Å². The van der Waals surface area contributed by atoms with Crippen LogP contribution < -0.4 is 3.80 Å². The maximum absolute atomic E-state index is 4.48. The van der Waals surface area contributed by atoms with Crippen LogP contribution in [0.25, 0.3) is 0 Å². The zero-order valence-electron chi connectivity index (χ0n) is 21.9.